The molecule has 0 radical (unpaired) electrons. The summed E-state index contributed by atoms with van der Waals surface area (Å²) in [6, 6.07) is 18.4. The van der Waals surface area contributed by atoms with E-state index in [9.17, 15) is 13.2 Å². The zero-order chi connectivity index (χ0) is 23.3. The molecule has 0 aromatic heterocycles. The van der Waals surface area contributed by atoms with Crippen LogP contribution < -0.4 is 5.32 Å². The Morgan fingerprint density at radius 2 is 1.47 bits per heavy atom. The van der Waals surface area contributed by atoms with Crippen molar-refractivity contribution in [2.75, 3.05) is 6.54 Å². The molecule has 32 heavy (non-hydrogen) atoms. The number of rotatable bonds is 8. The number of benzene rings is 3. The number of nitrogens with zero attached hydrogens (tertiary/aromatic N) is 1. The molecular weight excluding hydrogens is 491 g/mol. The fraction of sp³-hybridized carbons (Fsp3) is 0.174. The van der Waals surface area contributed by atoms with Gasteiger partial charge in [0.1, 0.15) is 0 Å². The molecule has 0 saturated heterocycles. The molecule has 0 bridgehead atoms. The Hall–Kier alpha value is -2.09. The van der Waals surface area contributed by atoms with Crippen molar-refractivity contribution >= 4 is 50.7 Å². The van der Waals surface area contributed by atoms with Crippen LogP contribution in [0.15, 0.2) is 71.6 Å². The summed E-state index contributed by atoms with van der Waals surface area (Å²) in [4.78, 5) is 12.8. The molecule has 0 heterocycles. The van der Waals surface area contributed by atoms with E-state index in [4.69, 9.17) is 34.8 Å². The van der Waals surface area contributed by atoms with Crippen LogP contribution in [0.3, 0.4) is 0 Å². The van der Waals surface area contributed by atoms with Crippen LogP contribution in [0.25, 0.3) is 0 Å². The van der Waals surface area contributed by atoms with Crippen molar-refractivity contribution in [3.8, 4) is 0 Å². The van der Waals surface area contributed by atoms with E-state index in [1.807, 2.05) is 6.92 Å². The monoisotopic (exact) mass is 510 g/mol. The lowest BCUT2D eigenvalue weighted by Gasteiger charge is -2.23. The van der Waals surface area contributed by atoms with E-state index in [2.05, 4.69) is 5.32 Å². The fourth-order valence-electron chi connectivity index (χ4n) is 3.00. The van der Waals surface area contributed by atoms with Gasteiger partial charge in [-0.2, -0.15) is 4.31 Å². The van der Waals surface area contributed by atoms with Crippen LogP contribution >= 0.6 is 34.8 Å². The Morgan fingerprint density at radius 3 is 2.09 bits per heavy atom. The second-order valence-corrected chi connectivity index (χ2v) is 10.3. The molecule has 0 saturated carbocycles. The summed E-state index contributed by atoms with van der Waals surface area (Å²) in [5.74, 6) is -0.483. The normalized spacial score (nSPS) is 11.5. The molecule has 3 aromatic carbocycles. The maximum absolute atomic E-state index is 13.4. The highest BCUT2D eigenvalue weighted by molar-refractivity contribution is 7.89. The number of carbonyl (C=O) groups excluding carboxylic acids is 1. The van der Waals surface area contributed by atoms with Crippen molar-refractivity contribution in [3.05, 3.63) is 98.5 Å². The number of aryl methyl sites for hydroxylation is 1. The summed E-state index contributed by atoms with van der Waals surface area (Å²) in [7, 11) is -4.01. The number of carbonyl (C=O) groups is 1. The molecule has 0 spiro atoms. The Kier molecular flexibility index (Phi) is 8.20. The van der Waals surface area contributed by atoms with Gasteiger partial charge in [0.2, 0.25) is 15.9 Å². The summed E-state index contributed by atoms with van der Waals surface area (Å²) < 4.78 is 27.8. The van der Waals surface area contributed by atoms with Gasteiger partial charge in [-0.1, -0.05) is 76.8 Å². The molecule has 0 aliphatic heterocycles. The molecule has 0 aliphatic rings. The van der Waals surface area contributed by atoms with Crippen molar-refractivity contribution in [2.24, 2.45) is 0 Å². The minimum atomic E-state index is -4.01. The van der Waals surface area contributed by atoms with Crippen LogP contribution in [-0.2, 0) is 27.9 Å². The molecule has 1 N–H and O–H groups in total. The van der Waals surface area contributed by atoms with Crippen molar-refractivity contribution < 1.29 is 13.2 Å². The summed E-state index contributed by atoms with van der Waals surface area (Å²) in [5, 5.41) is 3.87. The highest BCUT2D eigenvalue weighted by atomic mass is 35.5. The topological polar surface area (TPSA) is 66.5 Å². The number of nitrogens with one attached hydrogen (secondary N) is 1. The highest BCUT2D eigenvalue weighted by Crippen LogP contribution is 2.28. The first-order valence-electron chi connectivity index (χ1n) is 9.68. The molecule has 0 unspecified atom stereocenters. The van der Waals surface area contributed by atoms with E-state index in [1.54, 1.807) is 54.6 Å². The van der Waals surface area contributed by atoms with Crippen LogP contribution in [0.2, 0.25) is 15.1 Å². The largest absolute Gasteiger partial charge is 0.351 e. The van der Waals surface area contributed by atoms with E-state index in [0.29, 0.717) is 20.6 Å². The number of amides is 1. The van der Waals surface area contributed by atoms with E-state index in [1.165, 1.54) is 12.1 Å². The third kappa shape index (κ3) is 6.03. The predicted octanol–water partition coefficient (Wildman–Crippen LogP) is 5.46. The first kappa shape index (κ1) is 24.6. The average molecular weight is 512 g/mol. The molecule has 0 fully saturated rings. The number of halogens is 3. The van der Waals surface area contributed by atoms with Crippen molar-refractivity contribution in [1.82, 2.24) is 9.62 Å². The summed E-state index contributed by atoms with van der Waals surface area (Å²) >= 11 is 18.7. The highest BCUT2D eigenvalue weighted by Gasteiger charge is 2.28. The van der Waals surface area contributed by atoms with Gasteiger partial charge in [-0.15, -0.1) is 0 Å². The maximum atomic E-state index is 13.4. The van der Waals surface area contributed by atoms with Crippen LogP contribution in [0.4, 0.5) is 0 Å². The molecule has 1 amide bonds. The molecular formula is C23H21Cl3N2O3S. The van der Waals surface area contributed by atoms with Gasteiger partial charge >= 0.3 is 0 Å². The zero-order valence-corrected chi connectivity index (χ0v) is 20.3. The third-order valence-electron chi connectivity index (χ3n) is 4.81. The van der Waals surface area contributed by atoms with Gasteiger partial charge in [0.15, 0.2) is 0 Å². The Labute approximate surface area is 203 Å². The lowest BCUT2D eigenvalue weighted by molar-refractivity contribution is -0.121. The summed E-state index contributed by atoms with van der Waals surface area (Å²) in [6.07, 6.45) is 0. The zero-order valence-electron chi connectivity index (χ0n) is 17.2. The first-order valence-corrected chi connectivity index (χ1v) is 12.3. The van der Waals surface area contributed by atoms with E-state index >= 15 is 0 Å². The van der Waals surface area contributed by atoms with Crippen molar-refractivity contribution in [2.45, 2.75) is 24.9 Å². The summed E-state index contributed by atoms with van der Waals surface area (Å²) in [6.45, 7) is 1.46. The van der Waals surface area contributed by atoms with Crippen LogP contribution in [-0.4, -0.2) is 25.2 Å². The van der Waals surface area contributed by atoms with Gasteiger partial charge in [0.25, 0.3) is 0 Å². The molecule has 9 heteroatoms. The number of hydrogen-bond acceptors (Lipinski definition) is 3. The van der Waals surface area contributed by atoms with E-state index < -0.39 is 22.5 Å². The summed E-state index contributed by atoms with van der Waals surface area (Å²) in [5.41, 5.74) is 2.07. The first-order chi connectivity index (χ1) is 15.2. The van der Waals surface area contributed by atoms with Crippen molar-refractivity contribution in [1.29, 1.82) is 0 Å². The number of hydrogen-bond donors (Lipinski definition) is 1. The maximum Gasteiger partial charge on any atom is 0.243 e. The van der Waals surface area contributed by atoms with Gasteiger partial charge in [0.05, 0.1) is 11.4 Å². The quantitative estimate of drug-likeness (QED) is 0.436. The van der Waals surface area contributed by atoms with Crippen molar-refractivity contribution in [3.63, 3.8) is 0 Å². The standard InChI is InChI=1S/C23H21Cl3N2O3S/c1-16-9-11-18(12-10-16)32(30,31)28(14-19-21(25)7-4-8-22(19)26)15-23(29)27-13-17-5-2-3-6-20(17)24/h2-12H,13-15H2,1H3,(H,27,29). The van der Waals surface area contributed by atoms with Crippen LogP contribution in [0.1, 0.15) is 16.7 Å². The molecule has 0 aliphatic carbocycles. The molecule has 0 atom stereocenters. The van der Waals surface area contributed by atoms with E-state index in [0.717, 1.165) is 15.4 Å². The fourth-order valence-corrected chi connectivity index (χ4v) is 5.08. The van der Waals surface area contributed by atoms with Gasteiger partial charge in [-0.05, 0) is 42.8 Å². The Morgan fingerprint density at radius 1 is 0.875 bits per heavy atom. The molecule has 168 valence electrons. The van der Waals surface area contributed by atoms with Crippen LogP contribution in [0, 0.1) is 6.92 Å². The van der Waals surface area contributed by atoms with Gasteiger partial charge in [-0.3, -0.25) is 4.79 Å². The Balaban J connectivity index is 1.87. The SMILES string of the molecule is Cc1ccc(S(=O)(=O)N(CC(=O)NCc2ccccc2Cl)Cc2c(Cl)cccc2Cl)cc1. The van der Waals surface area contributed by atoms with E-state index in [-0.39, 0.29) is 18.0 Å². The van der Waals surface area contributed by atoms with Gasteiger partial charge in [-0.25, -0.2) is 8.42 Å². The molecule has 5 nitrogen and oxygen atoms in total. The predicted molar refractivity (Wildman–Crippen MR) is 129 cm³/mol. The van der Waals surface area contributed by atoms with Crippen LogP contribution in [0.5, 0.6) is 0 Å². The van der Waals surface area contributed by atoms with Gasteiger partial charge < -0.3 is 5.32 Å². The number of sulfonamides is 1. The second-order valence-electron chi connectivity index (χ2n) is 7.15. The molecule has 3 aromatic rings. The minimum absolute atomic E-state index is 0.0742. The third-order valence-corrected chi connectivity index (χ3v) is 7.69. The Bertz CT molecular complexity index is 1200. The van der Waals surface area contributed by atoms with Gasteiger partial charge in [0, 0.05) is 33.7 Å². The lowest BCUT2D eigenvalue weighted by atomic mass is 10.2. The lowest BCUT2D eigenvalue weighted by Crippen LogP contribution is -2.40. The minimum Gasteiger partial charge on any atom is -0.351 e. The average Bonchev–Trinajstić information content (AvgIpc) is 2.75. The second kappa shape index (κ2) is 10.7. The smallest absolute Gasteiger partial charge is 0.243 e. The molecule has 3 rings (SSSR count).